The molecule has 0 radical (unpaired) electrons. The maximum Gasteiger partial charge on any atom is 0.170 e. The molecule has 0 aliphatic carbocycles. The second kappa shape index (κ2) is 5.07. The van der Waals surface area contributed by atoms with E-state index >= 15 is 0 Å². The van der Waals surface area contributed by atoms with Crippen molar-refractivity contribution < 1.29 is 9.53 Å². The summed E-state index contributed by atoms with van der Waals surface area (Å²) in [5, 5.41) is 0.439. The van der Waals surface area contributed by atoms with E-state index in [0.29, 0.717) is 22.9 Å². The van der Waals surface area contributed by atoms with Crippen molar-refractivity contribution in [1.82, 2.24) is 0 Å². The van der Waals surface area contributed by atoms with Gasteiger partial charge in [-0.15, -0.1) is 0 Å². The number of carbonyl (C=O) groups is 1. The Labute approximate surface area is 107 Å². The molecule has 1 aromatic carbocycles. The van der Waals surface area contributed by atoms with Gasteiger partial charge in [0.15, 0.2) is 5.78 Å². The van der Waals surface area contributed by atoms with Gasteiger partial charge in [-0.2, -0.15) is 0 Å². The maximum atomic E-state index is 12.3. The van der Waals surface area contributed by atoms with Crippen LogP contribution in [0.3, 0.4) is 0 Å². The first-order chi connectivity index (χ1) is 7.83. The standard InChI is InChI=1S/C13H18ClNO2/c1-8-5-11(17-4)10(14)6-9(8)12(16)13(2,3)7-15/h5-6H,7,15H2,1-4H3. The first-order valence-corrected chi connectivity index (χ1v) is 5.80. The summed E-state index contributed by atoms with van der Waals surface area (Å²) >= 11 is 6.03. The van der Waals surface area contributed by atoms with Gasteiger partial charge in [-0.1, -0.05) is 25.4 Å². The molecule has 3 nitrogen and oxygen atoms in total. The number of hydrogen-bond donors (Lipinski definition) is 1. The highest BCUT2D eigenvalue weighted by Gasteiger charge is 2.28. The molecule has 1 rings (SSSR count). The van der Waals surface area contributed by atoms with Gasteiger partial charge in [0.25, 0.3) is 0 Å². The third kappa shape index (κ3) is 2.79. The number of methoxy groups -OCH3 is 1. The Bertz CT molecular complexity index is 441. The predicted octanol–water partition coefficient (Wildman–Crippen LogP) is 2.82. The molecule has 0 aromatic heterocycles. The molecule has 1 aromatic rings. The third-order valence-electron chi connectivity index (χ3n) is 2.87. The van der Waals surface area contributed by atoms with Crippen molar-refractivity contribution in [3.05, 3.63) is 28.3 Å². The van der Waals surface area contributed by atoms with Crippen molar-refractivity contribution >= 4 is 17.4 Å². The number of carbonyl (C=O) groups excluding carboxylic acids is 1. The molecule has 0 amide bonds. The normalized spacial score (nSPS) is 11.4. The van der Waals surface area contributed by atoms with Crippen molar-refractivity contribution in [3.63, 3.8) is 0 Å². The van der Waals surface area contributed by atoms with E-state index in [1.54, 1.807) is 19.2 Å². The lowest BCUT2D eigenvalue weighted by Gasteiger charge is -2.22. The Kier molecular flexibility index (Phi) is 4.17. The maximum absolute atomic E-state index is 12.3. The average Bonchev–Trinajstić information content (AvgIpc) is 2.30. The van der Waals surface area contributed by atoms with Crippen LogP contribution in [0.4, 0.5) is 0 Å². The smallest absolute Gasteiger partial charge is 0.170 e. The predicted molar refractivity (Wildman–Crippen MR) is 69.9 cm³/mol. The zero-order valence-electron chi connectivity index (χ0n) is 10.6. The summed E-state index contributed by atoms with van der Waals surface area (Å²) in [6.45, 7) is 5.81. The summed E-state index contributed by atoms with van der Waals surface area (Å²) in [6.07, 6.45) is 0. The number of rotatable bonds is 4. The molecule has 0 aliphatic rings. The summed E-state index contributed by atoms with van der Waals surface area (Å²) in [5.41, 5.74) is 6.48. The van der Waals surface area contributed by atoms with Crippen molar-refractivity contribution in [3.8, 4) is 5.75 Å². The number of ketones is 1. The molecule has 0 saturated heterocycles. The minimum absolute atomic E-state index is 0.00190. The van der Waals surface area contributed by atoms with E-state index in [0.717, 1.165) is 5.56 Å². The molecule has 17 heavy (non-hydrogen) atoms. The van der Waals surface area contributed by atoms with Crippen LogP contribution in [0.5, 0.6) is 5.75 Å². The van der Waals surface area contributed by atoms with Gasteiger partial charge in [0.2, 0.25) is 0 Å². The molecule has 4 heteroatoms. The zero-order valence-corrected chi connectivity index (χ0v) is 11.4. The molecule has 0 heterocycles. The van der Waals surface area contributed by atoms with Crippen LogP contribution in [-0.4, -0.2) is 19.4 Å². The fraction of sp³-hybridized carbons (Fsp3) is 0.462. The monoisotopic (exact) mass is 255 g/mol. The molecule has 94 valence electrons. The first kappa shape index (κ1) is 14.0. The highest BCUT2D eigenvalue weighted by molar-refractivity contribution is 6.32. The molecule has 2 N–H and O–H groups in total. The van der Waals surface area contributed by atoms with E-state index in [4.69, 9.17) is 22.1 Å². The minimum atomic E-state index is -0.581. The number of aryl methyl sites for hydroxylation is 1. The molecule has 0 aliphatic heterocycles. The van der Waals surface area contributed by atoms with Crippen molar-refractivity contribution in [1.29, 1.82) is 0 Å². The molecule has 0 unspecified atom stereocenters. The summed E-state index contributed by atoms with van der Waals surface area (Å²) in [7, 11) is 1.55. The summed E-state index contributed by atoms with van der Waals surface area (Å²) < 4.78 is 5.10. The van der Waals surface area contributed by atoms with Crippen molar-refractivity contribution in [2.45, 2.75) is 20.8 Å². The first-order valence-electron chi connectivity index (χ1n) is 5.42. The van der Waals surface area contributed by atoms with Crippen LogP contribution in [0.1, 0.15) is 29.8 Å². The molecule has 0 fully saturated rings. The number of halogens is 1. The van der Waals surface area contributed by atoms with Gasteiger partial charge in [0, 0.05) is 17.5 Å². The van der Waals surface area contributed by atoms with Gasteiger partial charge < -0.3 is 10.5 Å². The van der Waals surface area contributed by atoms with Crippen LogP contribution >= 0.6 is 11.6 Å². The van der Waals surface area contributed by atoms with Gasteiger partial charge in [0.1, 0.15) is 5.75 Å². The largest absolute Gasteiger partial charge is 0.495 e. The van der Waals surface area contributed by atoms with Crippen LogP contribution in [0.15, 0.2) is 12.1 Å². The zero-order chi connectivity index (χ0) is 13.2. The third-order valence-corrected chi connectivity index (χ3v) is 3.16. The Morgan fingerprint density at radius 3 is 2.53 bits per heavy atom. The fourth-order valence-electron chi connectivity index (χ4n) is 1.51. The van der Waals surface area contributed by atoms with Gasteiger partial charge in [0.05, 0.1) is 12.1 Å². The van der Waals surface area contributed by atoms with Crippen LogP contribution in [0.2, 0.25) is 5.02 Å². The SMILES string of the molecule is COc1cc(C)c(C(=O)C(C)(C)CN)cc1Cl. The second-order valence-electron chi connectivity index (χ2n) is 4.72. The fourth-order valence-corrected chi connectivity index (χ4v) is 1.75. The molecule has 0 atom stereocenters. The molecule has 0 spiro atoms. The molecule has 0 saturated carbocycles. The number of nitrogens with two attached hydrogens (primary N) is 1. The topological polar surface area (TPSA) is 52.3 Å². The number of Topliss-reactive ketones (excluding diaryl/α,β-unsaturated/α-hetero) is 1. The number of benzene rings is 1. The van der Waals surface area contributed by atoms with Crippen molar-refractivity contribution in [2.24, 2.45) is 11.1 Å². The Morgan fingerprint density at radius 2 is 2.06 bits per heavy atom. The van der Waals surface area contributed by atoms with Crippen LogP contribution in [0.25, 0.3) is 0 Å². The van der Waals surface area contributed by atoms with Crippen LogP contribution in [-0.2, 0) is 0 Å². The van der Waals surface area contributed by atoms with E-state index in [9.17, 15) is 4.79 Å². The van der Waals surface area contributed by atoms with Crippen LogP contribution < -0.4 is 10.5 Å². The quantitative estimate of drug-likeness (QED) is 0.842. The Balaban J connectivity index is 3.25. The summed E-state index contributed by atoms with van der Waals surface area (Å²) in [4.78, 5) is 12.3. The highest BCUT2D eigenvalue weighted by atomic mass is 35.5. The van der Waals surface area contributed by atoms with E-state index in [1.165, 1.54) is 0 Å². The number of hydrogen-bond acceptors (Lipinski definition) is 3. The van der Waals surface area contributed by atoms with Gasteiger partial charge in [-0.25, -0.2) is 0 Å². The lowest BCUT2D eigenvalue weighted by atomic mass is 9.83. The van der Waals surface area contributed by atoms with Crippen molar-refractivity contribution in [2.75, 3.05) is 13.7 Å². The average molecular weight is 256 g/mol. The minimum Gasteiger partial charge on any atom is -0.495 e. The number of ether oxygens (including phenoxy) is 1. The van der Waals surface area contributed by atoms with E-state index in [-0.39, 0.29) is 5.78 Å². The molecular formula is C13H18ClNO2. The van der Waals surface area contributed by atoms with Gasteiger partial charge >= 0.3 is 0 Å². The van der Waals surface area contributed by atoms with Gasteiger partial charge in [-0.3, -0.25) is 4.79 Å². The molecular weight excluding hydrogens is 238 g/mol. The van der Waals surface area contributed by atoms with E-state index in [1.807, 2.05) is 20.8 Å². The van der Waals surface area contributed by atoms with Crippen LogP contribution in [0, 0.1) is 12.3 Å². The Hall–Kier alpha value is -1.06. The van der Waals surface area contributed by atoms with E-state index in [2.05, 4.69) is 0 Å². The van der Waals surface area contributed by atoms with Gasteiger partial charge in [-0.05, 0) is 24.6 Å². The lowest BCUT2D eigenvalue weighted by molar-refractivity contribution is 0.0847. The lowest BCUT2D eigenvalue weighted by Crippen LogP contribution is -2.33. The molecule has 0 bridgehead atoms. The second-order valence-corrected chi connectivity index (χ2v) is 5.13. The summed E-state index contributed by atoms with van der Waals surface area (Å²) in [5.74, 6) is 0.577. The summed E-state index contributed by atoms with van der Waals surface area (Å²) in [6, 6.07) is 3.41. The Morgan fingerprint density at radius 1 is 1.47 bits per heavy atom. The van der Waals surface area contributed by atoms with E-state index < -0.39 is 5.41 Å². The highest BCUT2D eigenvalue weighted by Crippen LogP contribution is 2.31.